The summed E-state index contributed by atoms with van der Waals surface area (Å²) in [6.45, 7) is 4.26. The van der Waals surface area contributed by atoms with Gasteiger partial charge >= 0.3 is 0 Å². The highest BCUT2D eigenvalue weighted by Crippen LogP contribution is 2.23. The lowest BCUT2D eigenvalue weighted by Gasteiger charge is -2.13. The van der Waals surface area contributed by atoms with E-state index in [0.29, 0.717) is 6.04 Å². The van der Waals surface area contributed by atoms with E-state index in [1.54, 1.807) is 11.3 Å². The van der Waals surface area contributed by atoms with Gasteiger partial charge < -0.3 is 4.98 Å². The smallest absolute Gasteiger partial charge is 0.179 e. The normalized spacial score (nSPS) is 12.9. The van der Waals surface area contributed by atoms with Crippen LogP contribution in [-0.4, -0.2) is 14.5 Å². The van der Waals surface area contributed by atoms with Crippen molar-refractivity contribution in [2.75, 3.05) is 0 Å². The molecular weight excluding hydrogens is 274 g/mol. The minimum atomic E-state index is 0.296. The molecule has 0 aliphatic carbocycles. The van der Waals surface area contributed by atoms with Gasteiger partial charge in [-0.3, -0.25) is 4.57 Å². The lowest BCUT2D eigenvalue weighted by molar-refractivity contribution is 0.550. The predicted octanol–water partition coefficient (Wildman–Crippen LogP) is 4.27. The molecule has 3 aromatic rings. The van der Waals surface area contributed by atoms with Crippen molar-refractivity contribution < 1.29 is 0 Å². The average Bonchev–Trinajstić information content (AvgIpc) is 2.96. The first-order valence-electron chi connectivity index (χ1n) is 6.23. The van der Waals surface area contributed by atoms with Gasteiger partial charge in [-0.25, -0.2) is 4.98 Å². The van der Waals surface area contributed by atoms with Crippen molar-refractivity contribution in [2.24, 2.45) is 0 Å². The average molecular weight is 289 g/mol. The Kier molecular flexibility index (Phi) is 3.24. The van der Waals surface area contributed by atoms with E-state index in [0.717, 1.165) is 22.4 Å². The Balaban J connectivity index is 2.07. The van der Waals surface area contributed by atoms with Gasteiger partial charge in [0.1, 0.15) is 0 Å². The van der Waals surface area contributed by atoms with E-state index in [9.17, 15) is 0 Å². The molecule has 1 unspecified atom stereocenters. The minimum Gasteiger partial charge on any atom is -0.329 e. The first kappa shape index (κ1) is 12.6. The zero-order chi connectivity index (χ0) is 13.4. The number of aryl methyl sites for hydroxylation is 1. The number of nitrogens with one attached hydrogen (secondary N) is 1. The Morgan fingerprint density at radius 2 is 2.32 bits per heavy atom. The van der Waals surface area contributed by atoms with Gasteiger partial charge in [0.25, 0.3) is 0 Å². The molecule has 19 heavy (non-hydrogen) atoms. The SMILES string of the molecule is Cc1ccnc2c1[nH]c(=S)n2C(C)Cc1ccsc1. The van der Waals surface area contributed by atoms with Gasteiger partial charge in [0, 0.05) is 12.2 Å². The lowest BCUT2D eigenvalue weighted by atomic mass is 10.1. The van der Waals surface area contributed by atoms with Crippen LogP contribution in [0, 0.1) is 11.7 Å². The molecule has 0 saturated carbocycles. The zero-order valence-electron chi connectivity index (χ0n) is 10.9. The van der Waals surface area contributed by atoms with Gasteiger partial charge in [0.2, 0.25) is 0 Å². The van der Waals surface area contributed by atoms with Crippen LogP contribution < -0.4 is 0 Å². The monoisotopic (exact) mass is 289 g/mol. The van der Waals surface area contributed by atoms with Crippen molar-refractivity contribution in [1.82, 2.24) is 14.5 Å². The summed E-state index contributed by atoms with van der Waals surface area (Å²) in [4.78, 5) is 7.75. The number of H-pyrrole nitrogens is 1. The number of hydrogen-bond donors (Lipinski definition) is 1. The third kappa shape index (κ3) is 2.24. The maximum atomic E-state index is 5.45. The number of fused-ring (bicyclic) bond motifs is 1. The second-order valence-electron chi connectivity index (χ2n) is 4.81. The number of imidazole rings is 1. The summed E-state index contributed by atoms with van der Waals surface area (Å²) in [7, 11) is 0. The number of pyridine rings is 1. The quantitative estimate of drug-likeness (QED) is 0.731. The van der Waals surface area contributed by atoms with Crippen molar-refractivity contribution in [3.63, 3.8) is 0 Å². The van der Waals surface area contributed by atoms with Gasteiger partial charge in [-0.1, -0.05) is 0 Å². The molecular formula is C14H15N3S2. The molecule has 3 nitrogen and oxygen atoms in total. The molecule has 0 bridgehead atoms. The molecule has 1 atom stereocenters. The lowest BCUT2D eigenvalue weighted by Crippen LogP contribution is -2.08. The molecule has 98 valence electrons. The van der Waals surface area contributed by atoms with E-state index in [2.05, 4.69) is 45.2 Å². The Labute approximate surface area is 120 Å². The Hall–Kier alpha value is -1.46. The number of thiophene rings is 1. The molecule has 0 amide bonds. The van der Waals surface area contributed by atoms with Crippen molar-refractivity contribution >= 4 is 34.7 Å². The Morgan fingerprint density at radius 3 is 3.05 bits per heavy atom. The van der Waals surface area contributed by atoms with E-state index >= 15 is 0 Å². The van der Waals surface area contributed by atoms with Gasteiger partial charge in [-0.2, -0.15) is 11.3 Å². The van der Waals surface area contributed by atoms with Crippen molar-refractivity contribution in [2.45, 2.75) is 26.3 Å². The van der Waals surface area contributed by atoms with Crippen LogP contribution in [0.5, 0.6) is 0 Å². The molecule has 3 rings (SSSR count). The summed E-state index contributed by atoms with van der Waals surface area (Å²) in [6.07, 6.45) is 2.81. The molecule has 0 aromatic carbocycles. The van der Waals surface area contributed by atoms with Crippen LogP contribution in [0.15, 0.2) is 29.1 Å². The summed E-state index contributed by atoms with van der Waals surface area (Å²) in [5.41, 5.74) is 4.52. The van der Waals surface area contributed by atoms with Crippen LogP contribution in [0.4, 0.5) is 0 Å². The van der Waals surface area contributed by atoms with E-state index in [-0.39, 0.29) is 0 Å². The fourth-order valence-corrected chi connectivity index (χ4v) is 3.44. The zero-order valence-corrected chi connectivity index (χ0v) is 12.5. The molecule has 3 aromatic heterocycles. The molecule has 0 aliphatic heterocycles. The summed E-state index contributed by atoms with van der Waals surface area (Å²) >= 11 is 7.18. The van der Waals surface area contributed by atoms with Crippen LogP contribution >= 0.6 is 23.6 Å². The predicted molar refractivity (Wildman–Crippen MR) is 82.4 cm³/mol. The molecule has 0 saturated heterocycles. The Bertz CT molecular complexity index is 753. The van der Waals surface area contributed by atoms with Crippen molar-refractivity contribution in [3.05, 3.63) is 45.0 Å². The van der Waals surface area contributed by atoms with Crippen molar-refractivity contribution in [3.8, 4) is 0 Å². The summed E-state index contributed by atoms with van der Waals surface area (Å²) < 4.78 is 2.87. The molecule has 1 N–H and O–H groups in total. The van der Waals surface area contributed by atoms with Gasteiger partial charge in [0.05, 0.1) is 5.52 Å². The molecule has 0 fully saturated rings. The second-order valence-corrected chi connectivity index (χ2v) is 5.98. The molecule has 0 spiro atoms. The highest BCUT2D eigenvalue weighted by molar-refractivity contribution is 7.71. The number of hydrogen-bond acceptors (Lipinski definition) is 3. The number of nitrogens with zero attached hydrogens (tertiary/aromatic N) is 2. The topological polar surface area (TPSA) is 33.6 Å². The summed E-state index contributed by atoms with van der Waals surface area (Å²) in [5.74, 6) is 0. The van der Waals surface area contributed by atoms with Crippen molar-refractivity contribution in [1.29, 1.82) is 0 Å². The van der Waals surface area contributed by atoms with Crippen LogP contribution in [0.25, 0.3) is 11.2 Å². The van der Waals surface area contributed by atoms with E-state index in [4.69, 9.17) is 12.2 Å². The first-order valence-corrected chi connectivity index (χ1v) is 7.59. The first-order chi connectivity index (χ1) is 9.16. The highest BCUT2D eigenvalue weighted by atomic mass is 32.1. The number of aromatic amines is 1. The third-order valence-electron chi connectivity index (χ3n) is 3.37. The molecule has 5 heteroatoms. The van der Waals surface area contributed by atoms with E-state index in [1.165, 1.54) is 11.1 Å². The minimum absolute atomic E-state index is 0.296. The summed E-state index contributed by atoms with van der Waals surface area (Å²) in [5, 5.41) is 4.30. The number of rotatable bonds is 3. The van der Waals surface area contributed by atoms with Crippen LogP contribution in [0.3, 0.4) is 0 Å². The molecule has 0 aliphatic rings. The maximum Gasteiger partial charge on any atom is 0.179 e. The van der Waals surface area contributed by atoms with Gasteiger partial charge in [-0.05, 0) is 66.5 Å². The standard InChI is InChI=1S/C14H15N3S2/c1-9-3-5-15-13-12(9)16-14(18)17(13)10(2)7-11-4-6-19-8-11/h3-6,8,10H,7H2,1-2H3,(H,16,18). The third-order valence-corrected chi connectivity index (χ3v) is 4.40. The maximum absolute atomic E-state index is 5.45. The fourth-order valence-electron chi connectivity index (χ4n) is 2.39. The van der Waals surface area contributed by atoms with Gasteiger partial charge in [-0.15, -0.1) is 0 Å². The summed E-state index contributed by atoms with van der Waals surface area (Å²) in [6, 6.07) is 4.46. The Morgan fingerprint density at radius 1 is 1.47 bits per heavy atom. The fraction of sp³-hybridized carbons (Fsp3) is 0.286. The number of aromatic nitrogens is 3. The highest BCUT2D eigenvalue weighted by Gasteiger charge is 2.13. The van der Waals surface area contributed by atoms with Crippen LogP contribution in [0.1, 0.15) is 24.1 Å². The second kappa shape index (κ2) is 4.90. The van der Waals surface area contributed by atoms with Crippen LogP contribution in [0.2, 0.25) is 0 Å². The van der Waals surface area contributed by atoms with E-state index < -0.39 is 0 Å². The van der Waals surface area contributed by atoms with E-state index in [1.807, 2.05) is 12.3 Å². The largest absolute Gasteiger partial charge is 0.329 e. The molecule has 0 radical (unpaired) electrons. The molecule has 3 heterocycles. The van der Waals surface area contributed by atoms with Crippen LogP contribution in [-0.2, 0) is 6.42 Å². The van der Waals surface area contributed by atoms with Gasteiger partial charge in [0.15, 0.2) is 10.4 Å².